The maximum absolute atomic E-state index is 12.9. The molecule has 0 fully saturated rings. The zero-order chi connectivity index (χ0) is 15.2. The maximum atomic E-state index is 12.9. The van der Waals surface area contributed by atoms with Gasteiger partial charge in [-0.1, -0.05) is 12.1 Å². The normalized spacial score (nSPS) is 16.6. The average Bonchev–Trinajstić information content (AvgIpc) is 2.37. The molecule has 2 unspecified atom stereocenters. The van der Waals surface area contributed by atoms with Crippen molar-refractivity contribution in [2.75, 3.05) is 20.3 Å². The van der Waals surface area contributed by atoms with Gasteiger partial charge >= 0.3 is 0 Å². The second kappa shape index (κ2) is 7.21. The predicted octanol–water partition coefficient (Wildman–Crippen LogP) is 0.972. The molecular weight excluding hydrogens is 261 g/mol. The third kappa shape index (κ3) is 5.14. The number of guanidine groups is 1. The molecule has 0 amide bonds. The third-order valence-electron chi connectivity index (χ3n) is 2.83. The number of nitrogens with zero attached hydrogens (tertiary/aromatic N) is 1. The Kier molecular flexibility index (Phi) is 5.91. The molecular formula is C14H22FN3O2. The van der Waals surface area contributed by atoms with Crippen molar-refractivity contribution in [3.8, 4) is 0 Å². The van der Waals surface area contributed by atoms with Crippen LogP contribution in [0.2, 0.25) is 0 Å². The molecule has 112 valence electrons. The fraction of sp³-hybridized carbons (Fsp3) is 0.500. The molecule has 5 nitrogen and oxygen atoms in total. The Hall–Kier alpha value is -1.66. The van der Waals surface area contributed by atoms with Gasteiger partial charge in [-0.05, 0) is 31.5 Å². The minimum absolute atomic E-state index is 0.0273. The van der Waals surface area contributed by atoms with Crippen molar-refractivity contribution in [3.05, 3.63) is 35.6 Å². The standard InChI is InChI=1S/C14H22FN3O2/c1-10(8-20-3)18-13(16)17-9-14(2,19)11-4-6-12(15)7-5-11/h4-7,10,19H,8-9H2,1-3H3,(H3,16,17,18). The Bertz CT molecular complexity index is 446. The fourth-order valence-corrected chi connectivity index (χ4v) is 1.73. The first-order valence-electron chi connectivity index (χ1n) is 6.39. The Morgan fingerprint density at radius 3 is 2.65 bits per heavy atom. The van der Waals surface area contributed by atoms with Gasteiger partial charge in [0.15, 0.2) is 5.96 Å². The number of methoxy groups -OCH3 is 1. The zero-order valence-corrected chi connectivity index (χ0v) is 12.1. The van der Waals surface area contributed by atoms with Crippen molar-refractivity contribution in [1.82, 2.24) is 5.32 Å². The Morgan fingerprint density at radius 2 is 2.10 bits per heavy atom. The molecule has 1 aromatic rings. The van der Waals surface area contributed by atoms with E-state index >= 15 is 0 Å². The fourth-order valence-electron chi connectivity index (χ4n) is 1.73. The summed E-state index contributed by atoms with van der Waals surface area (Å²) in [4.78, 5) is 4.10. The molecule has 0 radical (unpaired) electrons. The number of hydrogen-bond acceptors (Lipinski definition) is 3. The van der Waals surface area contributed by atoms with Crippen LogP contribution in [0, 0.1) is 5.82 Å². The molecule has 0 spiro atoms. The second-order valence-electron chi connectivity index (χ2n) is 4.98. The third-order valence-corrected chi connectivity index (χ3v) is 2.83. The number of aliphatic hydroxyl groups is 1. The number of nitrogens with one attached hydrogen (secondary N) is 1. The van der Waals surface area contributed by atoms with E-state index in [1.807, 2.05) is 6.92 Å². The monoisotopic (exact) mass is 283 g/mol. The largest absolute Gasteiger partial charge is 0.384 e. The van der Waals surface area contributed by atoms with E-state index in [1.165, 1.54) is 24.3 Å². The van der Waals surface area contributed by atoms with Crippen molar-refractivity contribution in [2.24, 2.45) is 10.7 Å². The Morgan fingerprint density at radius 1 is 1.50 bits per heavy atom. The van der Waals surface area contributed by atoms with Gasteiger partial charge in [-0.3, -0.25) is 4.99 Å². The van der Waals surface area contributed by atoms with E-state index in [2.05, 4.69) is 10.3 Å². The molecule has 0 bridgehead atoms. The van der Waals surface area contributed by atoms with Gasteiger partial charge in [0.05, 0.1) is 13.2 Å². The number of halogens is 1. The SMILES string of the molecule is COCC(C)NC(N)=NCC(C)(O)c1ccc(F)cc1. The molecule has 0 aliphatic heterocycles. The Labute approximate surface area is 118 Å². The second-order valence-corrected chi connectivity index (χ2v) is 4.98. The van der Waals surface area contributed by atoms with Crippen molar-refractivity contribution < 1.29 is 14.2 Å². The van der Waals surface area contributed by atoms with Gasteiger partial charge in [-0.25, -0.2) is 4.39 Å². The lowest BCUT2D eigenvalue weighted by molar-refractivity contribution is 0.0672. The highest BCUT2D eigenvalue weighted by Gasteiger charge is 2.22. The highest BCUT2D eigenvalue weighted by atomic mass is 19.1. The van der Waals surface area contributed by atoms with E-state index in [1.54, 1.807) is 14.0 Å². The lowest BCUT2D eigenvalue weighted by Gasteiger charge is -2.22. The quantitative estimate of drug-likeness (QED) is 0.537. The highest BCUT2D eigenvalue weighted by Crippen LogP contribution is 2.21. The first kappa shape index (κ1) is 16.4. The molecule has 1 rings (SSSR count). The number of nitrogens with two attached hydrogens (primary N) is 1. The van der Waals surface area contributed by atoms with Gasteiger partial charge in [-0.15, -0.1) is 0 Å². The molecule has 20 heavy (non-hydrogen) atoms. The summed E-state index contributed by atoms with van der Waals surface area (Å²) in [5, 5.41) is 13.3. The highest BCUT2D eigenvalue weighted by molar-refractivity contribution is 5.78. The van der Waals surface area contributed by atoms with Crippen LogP contribution >= 0.6 is 0 Å². The van der Waals surface area contributed by atoms with Crippen molar-refractivity contribution in [2.45, 2.75) is 25.5 Å². The van der Waals surface area contributed by atoms with Crippen LogP contribution in [0.1, 0.15) is 19.4 Å². The van der Waals surface area contributed by atoms with Crippen LogP contribution in [0.3, 0.4) is 0 Å². The summed E-state index contributed by atoms with van der Waals surface area (Å²) in [6.45, 7) is 4.10. The van der Waals surface area contributed by atoms with Crippen LogP contribution in [0.5, 0.6) is 0 Å². The number of rotatable bonds is 6. The molecule has 0 heterocycles. The van der Waals surface area contributed by atoms with Crippen LogP contribution in [0.4, 0.5) is 4.39 Å². The number of aliphatic imine (C=N–C) groups is 1. The first-order chi connectivity index (χ1) is 9.35. The van der Waals surface area contributed by atoms with Crippen LogP contribution < -0.4 is 11.1 Å². The zero-order valence-electron chi connectivity index (χ0n) is 12.1. The average molecular weight is 283 g/mol. The summed E-state index contributed by atoms with van der Waals surface area (Å²) in [5.74, 6) is -0.112. The topological polar surface area (TPSA) is 79.9 Å². The van der Waals surface area contributed by atoms with E-state index in [4.69, 9.17) is 10.5 Å². The van der Waals surface area contributed by atoms with Gasteiger partial charge < -0.3 is 20.9 Å². The smallest absolute Gasteiger partial charge is 0.188 e. The molecule has 2 atom stereocenters. The number of benzene rings is 1. The van der Waals surface area contributed by atoms with Gasteiger partial charge in [0.1, 0.15) is 11.4 Å². The van der Waals surface area contributed by atoms with E-state index in [9.17, 15) is 9.50 Å². The van der Waals surface area contributed by atoms with Crippen LogP contribution in [-0.2, 0) is 10.3 Å². The summed E-state index contributed by atoms with van der Waals surface area (Å²) < 4.78 is 17.8. The Balaban J connectivity index is 2.64. The van der Waals surface area contributed by atoms with E-state index in [-0.39, 0.29) is 24.4 Å². The van der Waals surface area contributed by atoms with Crippen molar-refractivity contribution in [3.63, 3.8) is 0 Å². The van der Waals surface area contributed by atoms with Gasteiger partial charge in [-0.2, -0.15) is 0 Å². The molecule has 6 heteroatoms. The molecule has 0 aliphatic rings. The summed E-state index contributed by atoms with van der Waals surface area (Å²) in [5.41, 5.74) is 5.11. The van der Waals surface area contributed by atoms with Crippen molar-refractivity contribution >= 4 is 5.96 Å². The summed E-state index contributed by atoms with van der Waals surface area (Å²) in [6.07, 6.45) is 0. The minimum atomic E-state index is -1.20. The van der Waals surface area contributed by atoms with Gasteiger partial charge in [0.2, 0.25) is 0 Å². The molecule has 4 N–H and O–H groups in total. The molecule has 0 aromatic heterocycles. The number of ether oxygens (including phenoxy) is 1. The van der Waals surface area contributed by atoms with Gasteiger partial charge in [0.25, 0.3) is 0 Å². The van der Waals surface area contributed by atoms with Crippen LogP contribution in [0.25, 0.3) is 0 Å². The first-order valence-corrected chi connectivity index (χ1v) is 6.39. The van der Waals surface area contributed by atoms with Crippen LogP contribution in [0.15, 0.2) is 29.3 Å². The number of hydrogen-bond donors (Lipinski definition) is 3. The summed E-state index contributed by atoms with van der Waals surface area (Å²) >= 11 is 0. The van der Waals surface area contributed by atoms with Crippen molar-refractivity contribution in [1.29, 1.82) is 0 Å². The lowest BCUT2D eigenvalue weighted by atomic mass is 9.96. The maximum Gasteiger partial charge on any atom is 0.188 e. The molecule has 0 saturated heterocycles. The molecule has 0 aliphatic carbocycles. The van der Waals surface area contributed by atoms with Gasteiger partial charge in [0, 0.05) is 13.2 Å². The molecule has 0 saturated carbocycles. The van der Waals surface area contributed by atoms with E-state index in [0.717, 1.165) is 0 Å². The van der Waals surface area contributed by atoms with Crippen LogP contribution in [-0.4, -0.2) is 37.4 Å². The van der Waals surface area contributed by atoms with E-state index < -0.39 is 5.60 Å². The molecule has 1 aromatic carbocycles. The minimum Gasteiger partial charge on any atom is -0.384 e. The van der Waals surface area contributed by atoms with E-state index in [0.29, 0.717) is 12.2 Å². The lowest BCUT2D eigenvalue weighted by Crippen LogP contribution is -2.41. The predicted molar refractivity (Wildman–Crippen MR) is 76.9 cm³/mol. The summed E-state index contributed by atoms with van der Waals surface area (Å²) in [7, 11) is 1.60. The summed E-state index contributed by atoms with van der Waals surface area (Å²) in [6, 6.07) is 5.69.